The van der Waals surface area contributed by atoms with Crippen molar-refractivity contribution >= 4 is 27.7 Å². The maximum atomic E-state index is 11.4. The summed E-state index contributed by atoms with van der Waals surface area (Å²) in [4.78, 5) is 11.4. The van der Waals surface area contributed by atoms with Crippen molar-refractivity contribution in [2.75, 3.05) is 5.73 Å². The van der Waals surface area contributed by atoms with Gasteiger partial charge in [0.15, 0.2) is 5.82 Å². The van der Waals surface area contributed by atoms with Crippen LogP contribution in [0.5, 0.6) is 0 Å². The van der Waals surface area contributed by atoms with Crippen LogP contribution in [-0.2, 0) is 11.3 Å². The van der Waals surface area contributed by atoms with Crippen molar-refractivity contribution in [3.63, 3.8) is 0 Å². The molecule has 0 aliphatic heterocycles. The van der Waals surface area contributed by atoms with Gasteiger partial charge in [0.1, 0.15) is 6.54 Å². The maximum Gasteiger partial charge on any atom is 0.241 e. The Balaban J connectivity index is 1.92. The summed E-state index contributed by atoms with van der Waals surface area (Å²) in [5.74, 6) is 0.395. The predicted octanol–water partition coefficient (Wildman–Crippen LogP) is 0.506. The maximum absolute atomic E-state index is 11.4. The van der Waals surface area contributed by atoms with E-state index < -0.39 is 0 Å². The Morgan fingerprint density at radius 2 is 2.50 bits per heavy atom. The molecular weight excluding hydrogens is 248 g/mol. The van der Waals surface area contributed by atoms with Gasteiger partial charge in [-0.15, -0.1) is 0 Å². The van der Waals surface area contributed by atoms with Gasteiger partial charge in [-0.2, -0.15) is 5.10 Å². The van der Waals surface area contributed by atoms with E-state index in [9.17, 15) is 4.79 Å². The Kier molecular flexibility index (Phi) is 2.45. The van der Waals surface area contributed by atoms with Crippen molar-refractivity contribution in [3.8, 4) is 0 Å². The number of carbonyl (C=O) groups excluding carboxylic acids is 1. The molecule has 2 rings (SSSR count). The largest absolute Gasteiger partial charge is 0.381 e. The molecule has 1 amide bonds. The van der Waals surface area contributed by atoms with Crippen molar-refractivity contribution in [1.29, 1.82) is 0 Å². The monoisotopic (exact) mass is 258 g/mol. The number of rotatable bonds is 3. The highest BCUT2D eigenvalue weighted by Crippen LogP contribution is 2.19. The Labute approximate surface area is 89.8 Å². The highest BCUT2D eigenvalue weighted by atomic mass is 79.9. The van der Waals surface area contributed by atoms with Crippen molar-refractivity contribution in [3.05, 3.63) is 10.7 Å². The molecule has 1 aliphatic carbocycles. The molecule has 14 heavy (non-hydrogen) atoms. The van der Waals surface area contributed by atoms with Gasteiger partial charge in [-0.05, 0) is 28.8 Å². The fourth-order valence-electron chi connectivity index (χ4n) is 1.14. The molecule has 1 aromatic rings. The molecule has 0 bridgehead atoms. The molecule has 0 atom stereocenters. The lowest BCUT2D eigenvalue weighted by Crippen LogP contribution is -2.29. The van der Waals surface area contributed by atoms with Gasteiger partial charge < -0.3 is 11.1 Å². The first kappa shape index (κ1) is 9.51. The molecule has 5 nitrogen and oxygen atoms in total. The van der Waals surface area contributed by atoms with Crippen molar-refractivity contribution < 1.29 is 4.79 Å². The summed E-state index contributed by atoms with van der Waals surface area (Å²) in [5.41, 5.74) is 5.52. The molecule has 0 unspecified atom stereocenters. The summed E-state index contributed by atoms with van der Waals surface area (Å²) in [5, 5.41) is 6.84. The average molecular weight is 259 g/mol. The predicted molar refractivity (Wildman–Crippen MR) is 55.5 cm³/mol. The first-order chi connectivity index (χ1) is 6.65. The van der Waals surface area contributed by atoms with Gasteiger partial charge in [0.05, 0.1) is 4.47 Å². The Hall–Kier alpha value is -1.04. The van der Waals surface area contributed by atoms with Gasteiger partial charge in [0, 0.05) is 12.2 Å². The number of hydrogen-bond acceptors (Lipinski definition) is 3. The quantitative estimate of drug-likeness (QED) is 0.830. The van der Waals surface area contributed by atoms with Crippen LogP contribution in [0.15, 0.2) is 10.7 Å². The van der Waals surface area contributed by atoms with Gasteiger partial charge in [-0.3, -0.25) is 9.48 Å². The zero-order valence-corrected chi connectivity index (χ0v) is 9.12. The van der Waals surface area contributed by atoms with E-state index >= 15 is 0 Å². The molecule has 1 saturated carbocycles. The third-order valence-electron chi connectivity index (χ3n) is 1.99. The van der Waals surface area contributed by atoms with Crippen molar-refractivity contribution in [2.45, 2.75) is 25.4 Å². The van der Waals surface area contributed by atoms with E-state index in [2.05, 4.69) is 26.3 Å². The minimum absolute atomic E-state index is 0.0116. The minimum atomic E-state index is -0.0116. The number of halogens is 1. The number of amides is 1. The van der Waals surface area contributed by atoms with Gasteiger partial charge in [-0.1, -0.05) is 0 Å². The smallest absolute Gasteiger partial charge is 0.241 e. The second kappa shape index (κ2) is 3.61. The molecular formula is C8H11BrN4O. The van der Waals surface area contributed by atoms with Gasteiger partial charge >= 0.3 is 0 Å². The number of nitrogen functional groups attached to an aromatic ring is 1. The standard InChI is InChI=1S/C8H11BrN4O/c9-6-3-13(12-8(6)10)4-7(14)11-5-1-2-5/h3,5H,1-2,4H2,(H2,10,12)(H,11,14). The van der Waals surface area contributed by atoms with E-state index in [1.807, 2.05) is 0 Å². The Morgan fingerprint density at radius 3 is 3.00 bits per heavy atom. The fourth-order valence-corrected chi connectivity index (χ4v) is 1.46. The van der Waals surface area contributed by atoms with Crippen molar-refractivity contribution in [2.24, 2.45) is 0 Å². The van der Waals surface area contributed by atoms with Gasteiger partial charge in [0.25, 0.3) is 0 Å². The van der Waals surface area contributed by atoms with Crippen LogP contribution in [0.3, 0.4) is 0 Å². The van der Waals surface area contributed by atoms with Crippen LogP contribution in [0.1, 0.15) is 12.8 Å². The minimum Gasteiger partial charge on any atom is -0.381 e. The Bertz CT molecular complexity index is 339. The number of carbonyl (C=O) groups is 1. The van der Waals surface area contributed by atoms with Crippen LogP contribution in [0, 0.1) is 0 Å². The fraction of sp³-hybridized carbons (Fsp3) is 0.500. The molecule has 1 fully saturated rings. The van der Waals surface area contributed by atoms with Gasteiger partial charge in [0.2, 0.25) is 5.91 Å². The summed E-state index contributed by atoms with van der Waals surface area (Å²) in [6.45, 7) is 0.228. The summed E-state index contributed by atoms with van der Waals surface area (Å²) in [7, 11) is 0. The van der Waals surface area contributed by atoms with E-state index in [0.717, 1.165) is 17.3 Å². The van der Waals surface area contributed by atoms with E-state index in [1.165, 1.54) is 4.68 Å². The van der Waals surface area contributed by atoms with E-state index in [1.54, 1.807) is 6.20 Å². The topological polar surface area (TPSA) is 72.9 Å². The molecule has 76 valence electrons. The van der Waals surface area contributed by atoms with Crippen LogP contribution in [0.4, 0.5) is 5.82 Å². The number of anilines is 1. The Morgan fingerprint density at radius 1 is 1.79 bits per heavy atom. The molecule has 0 saturated heterocycles. The number of nitrogens with zero attached hydrogens (tertiary/aromatic N) is 2. The first-order valence-corrected chi connectivity index (χ1v) is 5.22. The molecule has 0 radical (unpaired) electrons. The molecule has 1 aromatic heterocycles. The van der Waals surface area contributed by atoms with Crippen molar-refractivity contribution in [1.82, 2.24) is 15.1 Å². The third-order valence-corrected chi connectivity index (χ3v) is 2.60. The summed E-state index contributed by atoms with van der Waals surface area (Å²) in [6.07, 6.45) is 3.88. The molecule has 0 spiro atoms. The lowest BCUT2D eigenvalue weighted by Gasteiger charge is -2.02. The molecule has 3 N–H and O–H groups in total. The zero-order chi connectivity index (χ0) is 10.1. The number of nitrogens with one attached hydrogen (secondary N) is 1. The number of nitrogens with two attached hydrogens (primary N) is 1. The molecule has 1 aliphatic rings. The molecule has 0 aromatic carbocycles. The second-order valence-electron chi connectivity index (χ2n) is 3.40. The summed E-state index contributed by atoms with van der Waals surface area (Å²) < 4.78 is 2.24. The molecule has 6 heteroatoms. The van der Waals surface area contributed by atoms with E-state index in [4.69, 9.17) is 5.73 Å². The normalized spacial score (nSPS) is 15.5. The van der Waals surface area contributed by atoms with Crippen LogP contribution in [0.2, 0.25) is 0 Å². The van der Waals surface area contributed by atoms with E-state index in [0.29, 0.717) is 11.9 Å². The molecule has 1 heterocycles. The lowest BCUT2D eigenvalue weighted by molar-refractivity contribution is -0.121. The number of hydrogen-bond donors (Lipinski definition) is 2. The summed E-state index contributed by atoms with van der Waals surface area (Å²) >= 11 is 3.23. The average Bonchev–Trinajstić information content (AvgIpc) is 2.82. The van der Waals surface area contributed by atoms with Gasteiger partial charge in [-0.25, -0.2) is 0 Å². The third kappa shape index (κ3) is 2.25. The lowest BCUT2D eigenvalue weighted by atomic mass is 10.5. The van der Waals surface area contributed by atoms with Crippen LogP contribution in [0.25, 0.3) is 0 Å². The summed E-state index contributed by atoms with van der Waals surface area (Å²) in [6, 6.07) is 0.388. The zero-order valence-electron chi connectivity index (χ0n) is 7.53. The first-order valence-electron chi connectivity index (χ1n) is 4.43. The second-order valence-corrected chi connectivity index (χ2v) is 4.26. The van der Waals surface area contributed by atoms with Crippen LogP contribution >= 0.6 is 15.9 Å². The SMILES string of the molecule is Nc1nn(CC(=O)NC2CC2)cc1Br. The number of aromatic nitrogens is 2. The van der Waals surface area contributed by atoms with E-state index in [-0.39, 0.29) is 12.5 Å². The van der Waals surface area contributed by atoms with Crippen LogP contribution in [-0.4, -0.2) is 21.7 Å². The van der Waals surface area contributed by atoms with Crippen LogP contribution < -0.4 is 11.1 Å². The highest BCUT2D eigenvalue weighted by Gasteiger charge is 2.23. The highest BCUT2D eigenvalue weighted by molar-refractivity contribution is 9.10.